The zero-order chi connectivity index (χ0) is 14.2. The summed E-state index contributed by atoms with van der Waals surface area (Å²) in [5, 5.41) is 3.79. The lowest BCUT2D eigenvalue weighted by Crippen LogP contribution is -2.40. The van der Waals surface area contributed by atoms with E-state index in [0.717, 1.165) is 17.9 Å². The van der Waals surface area contributed by atoms with E-state index in [4.69, 9.17) is 0 Å². The van der Waals surface area contributed by atoms with Crippen molar-refractivity contribution >= 4 is 0 Å². The highest BCUT2D eigenvalue weighted by Gasteiger charge is 2.27. The van der Waals surface area contributed by atoms with Gasteiger partial charge < -0.3 is 5.32 Å². The molecule has 3 unspecified atom stereocenters. The number of hydrogen-bond acceptors (Lipinski definition) is 1. The Kier molecular flexibility index (Phi) is 6.59. The van der Waals surface area contributed by atoms with Gasteiger partial charge in [-0.15, -0.1) is 0 Å². The Bertz CT molecular complexity index is 357. The molecule has 0 radical (unpaired) electrons. The first kappa shape index (κ1) is 15.6. The SMILES string of the molecule is CCCNC1CCC(C)CC1CCCc1ccccc1. The molecule has 3 atom stereocenters. The van der Waals surface area contributed by atoms with E-state index < -0.39 is 0 Å². The average Bonchev–Trinajstić information content (AvgIpc) is 2.47. The third-order valence-electron chi connectivity index (χ3n) is 4.78. The normalized spacial score (nSPS) is 26.6. The summed E-state index contributed by atoms with van der Waals surface area (Å²) in [7, 11) is 0. The Hall–Kier alpha value is -0.820. The molecule has 1 fully saturated rings. The lowest BCUT2D eigenvalue weighted by Gasteiger charge is -2.35. The van der Waals surface area contributed by atoms with Crippen LogP contribution in [0.15, 0.2) is 30.3 Å². The van der Waals surface area contributed by atoms with E-state index in [1.54, 1.807) is 0 Å². The molecule has 1 aliphatic rings. The fourth-order valence-electron chi connectivity index (χ4n) is 3.63. The van der Waals surface area contributed by atoms with E-state index in [1.165, 1.54) is 57.1 Å². The molecule has 0 bridgehead atoms. The Labute approximate surface area is 125 Å². The van der Waals surface area contributed by atoms with Crippen LogP contribution in [0.2, 0.25) is 0 Å². The predicted molar refractivity (Wildman–Crippen MR) is 88.0 cm³/mol. The molecule has 1 N–H and O–H groups in total. The van der Waals surface area contributed by atoms with Gasteiger partial charge in [0.25, 0.3) is 0 Å². The molecule has 1 aromatic carbocycles. The van der Waals surface area contributed by atoms with Crippen molar-refractivity contribution in [3.63, 3.8) is 0 Å². The molecular formula is C19H31N. The maximum absolute atomic E-state index is 3.79. The van der Waals surface area contributed by atoms with Crippen LogP contribution in [-0.4, -0.2) is 12.6 Å². The first-order valence-electron chi connectivity index (χ1n) is 8.57. The van der Waals surface area contributed by atoms with Gasteiger partial charge in [0, 0.05) is 6.04 Å². The van der Waals surface area contributed by atoms with Gasteiger partial charge in [0.05, 0.1) is 0 Å². The Balaban J connectivity index is 1.78. The second kappa shape index (κ2) is 8.46. The van der Waals surface area contributed by atoms with E-state index in [2.05, 4.69) is 49.5 Å². The number of benzene rings is 1. The lowest BCUT2D eigenvalue weighted by atomic mass is 9.76. The summed E-state index contributed by atoms with van der Waals surface area (Å²) < 4.78 is 0. The molecular weight excluding hydrogens is 242 g/mol. The van der Waals surface area contributed by atoms with Crippen molar-refractivity contribution < 1.29 is 0 Å². The molecule has 1 saturated carbocycles. The molecule has 2 rings (SSSR count). The maximum atomic E-state index is 3.79. The number of rotatable bonds is 7. The summed E-state index contributed by atoms with van der Waals surface area (Å²) in [6.45, 7) is 5.89. The van der Waals surface area contributed by atoms with Crippen LogP contribution in [-0.2, 0) is 6.42 Å². The fourth-order valence-corrected chi connectivity index (χ4v) is 3.63. The van der Waals surface area contributed by atoms with E-state index >= 15 is 0 Å². The maximum Gasteiger partial charge on any atom is 0.00955 e. The monoisotopic (exact) mass is 273 g/mol. The molecule has 0 aliphatic heterocycles. The molecule has 112 valence electrons. The molecule has 20 heavy (non-hydrogen) atoms. The number of nitrogens with one attached hydrogen (secondary N) is 1. The topological polar surface area (TPSA) is 12.0 Å². The van der Waals surface area contributed by atoms with Gasteiger partial charge in [0.1, 0.15) is 0 Å². The van der Waals surface area contributed by atoms with Crippen LogP contribution in [0.5, 0.6) is 0 Å². The van der Waals surface area contributed by atoms with Crippen LogP contribution >= 0.6 is 0 Å². The van der Waals surface area contributed by atoms with Crippen LogP contribution in [0, 0.1) is 11.8 Å². The minimum absolute atomic E-state index is 0.780. The van der Waals surface area contributed by atoms with E-state index in [9.17, 15) is 0 Å². The van der Waals surface area contributed by atoms with Gasteiger partial charge in [-0.3, -0.25) is 0 Å². The van der Waals surface area contributed by atoms with E-state index in [-0.39, 0.29) is 0 Å². The van der Waals surface area contributed by atoms with Gasteiger partial charge in [-0.05, 0) is 68.9 Å². The van der Waals surface area contributed by atoms with Crippen molar-refractivity contribution in [1.29, 1.82) is 0 Å². The number of hydrogen-bond donors (Lipinski definition) is 1. The number of aryl methyl sites for hydroxylation is 1. The van der Waals surface area contributed by atoms with Crippen LogP contribution in [0.1, 0.15) is 57.9 Å². The summed E-state index contributed by atoms with van der Waals surface area (Å²) >= 11 is 0. The molecule has 0 heterocycles. The third-order valence-corrected chi connectivity index (χ3v) is 4.78. The lowest BCUT2D eigenvalue weighted by molar-refractivity contribution is 0.200. The van der Waals surface area contributed by atoms with Crippen molar-refractivity contribution in [2.45, 2.75) is 64.8 Å². The smallest absolute Gasteiger partial charge is 0.00955 e. The molecule has 0 spiro atoms. The van der Waals surface area contributed by atoms with Crippen LogP contribution in [0.25, 0.3) is 0 Å². The summed E-state index contributed by atoms with van der Waals surface area (Å²) in [5.41, 5.74) is 1.49. The molecule has 1 heteroatoms. The third kappa shape index (κ3) is 4.94. The predicted octanol–water partition coefficient (Wildman–Crippen LogP) is 4.81. The van der Waals surface area contributed by atoms with Crippen LogP contribution < -0.4 is 5.32 Å². The van der Waals surface area contributed by atoms with Gasteiger partial charge in [-0.2, -0.15) is 0 Å². The van der Waals surface area contributed by atoms with Gasteiger partial charge in [0.15, 0.2) is 0 Å². The fraction of sp³-hybridized carbons (Fsp3) is 0.684. The summed E-state index contributed by atoms with van der Waals surface area (Å²) in [5.74, 6) is 1.82. The highest BCUT2D eigenvalue weighted by molar-refractivity contribution is 5.14. The summed E-state index contributed by atoms with van der Waals surface area (Å²) in [4.78, 5) is 0. The Morgan fingerprint density at radius 1 is 1.15 bits per heavy atom. The molecule has 0 saturated heterocycles. The molecule has 0 amide bonds. The zero-order valence-electron chi connectivity index (χ0n) is 13.3. The Morgan fingerprint density at radius 2 is 1.95 bits per heavy atom. The van der Waals surface area contributed by atoms with Crippen molar-refractivity contribution in [3.05, 3.63) is 35.9 Å². The van der Waals surface area contributed by atoms with E-state index in [1.807, 2.05) is 0 Å². The van der Waals surface area contributed by atoms with Crippen LogP contribution in [0.4, 0.5) is 0 Å². The van der Waals surface area contributed by atoms with E-state index in [0.29, 0.717) is 0 Å². The minimum Gasteiger partial charge on any atom is -0.314 e. The molecule has 1 aliphatic carbocycles. The molecule has 1 aromatic rings. The van der Waals surface area contributed by atoms with Gasteiger partial charge in [-0.1, -0.05) is 44.2 Å². The second-order valence-electron chi connectivity index (χ2n) is 6.62. The standard InChI is InChI=1S/C19H31N/c1-3-14-20-19-13-12-16(2)15-18(19)11-7-10-17-8-5-4-6-9-17/h4-6,8-9,16,18-20H,3,7,10-15H2,1-2H3. The molecule has 0 aromatic heterocycles. The van der Waals surface area contributed by atoms with Crippen molar-refractivity contribution in [2.24, 2.45) is 11.8 Å². The molecule has 1 nitrogen and oxygen atoms in total. The van der Waals surface area contributed by atoms with Gasteiger partial charge in [0.2, 0.25) is 0 Å². The van der Waals surface area contributed by atoms with Gasteiger partial charge >= 0.3 is 0 Å². The average molecular weight is 273 g/mol. The highest BCUT2D eigenvalue weighted by Crippen LogP contribution is 2.32. The quantitative estimate of drug-likeness (QED) is 0.751. The Morgan fingerprint density at radius 3 is 2.70 bits per heavy atom. The first-order valence-corrected chi connectivity index (χ1v) is 8.57. The zero-order valence-corrected chi connectivity index (χ0v) is 13.3. The largest absolute Gasteiger partial charge is 0.314 e. The van der Waals surface area contributed by atoms with Crippen LogP contribution in [0.3, 0.4) is 0 Å². The highest BCUT2D eigenvalue weighted by atomic mass is 14.9. The van der Waals surface area contributed by atoms with Crippen molar-refractivity contribution in [1.82, 2.24) is 5.32 Å². The minimum atomic E-state index is 0.780. The summed E-state index contributed by atoms with van der Waals surface area (Å²) in [6.07, 6.45) is 9.45. The first-order chi connectivity index (χ1) is 9.79. The summed E-state index contributed by atoms with van der Waals surface area (Å²) in [6, 6.07) is 11.7. The van der Waals surface area contributed by atoms with Crippen molar-refractivity contribution in [2.75, 3.05) is 6.54 Å². The van der Waals surface area contributed by atoms with Gasteiger partial charge in [-0.25, -0.2) is 0 Å². The second-order valence-corrected chi connectivity index (χ2v) is 6.62. The van der Waals surface area contributed by atoms with Crippen molar-refractivity contribution in [3.8, 4) is 0 Å².